The van der Waals surface area contributed by atoms with Crippen molar-refractivity contribution < 1.29 is 24.0 Å². The average molecular weight is 294 g/mol. The molecule has 1 aromatic carbocycles. The molecule has 0 aliphatic heterocycles. The highest BCUT2D eigenvalue weighted by molar-refractivity contribution is 5.93. The molecule has 0 aromatic heterocycles. The van der Waals surface area contributed by atoms with Crippen molar-refractivity contribution in [2.75, 3.05) is 13.2 Å². The van der Waals surface area contributed by atoms with Crippen LogP contribution in [0.2, 0.25) is 0 Å². The lowest BCUT2D eigenvalue weighted by Gasteiger charge is -2.05. The molecule has 1 amide bonds. The van der Waals surface area contributed by atoms with Crippen LogP contribution in [0.5, 0.6) is 5.75 Å². The van der Waals surface area contributed by atoms with Gasteiger partial charge in [0, 0.05) is 17.7 Å². The van der Waals surface area contributed by atoms with Gasteiger partial charge in [-0.3, -0.25) is 14.9 Å². The predicted molar refractivity (Wildman–Crippen MR) is 72.9 cm³/mol. The molecule has 2 N–H and O–H groups in total. The molecule has 0 saturated heterocycles. The first-order valence-electron chi connectivity index (χ1n) is 6.00. The molecule has 0 spiro atoms. The third kappa shape index (κ3) is 4.94. The number of rotatable bonds is 7. The number of nitrogens with zero attached hydrogens (tertiary/aromatic N) is 1. The highest BCUT2D eigenvalue weighted by Gasteiger charge is 2.17. The zero-order valence-corrected chi connectivity index (χ0v) is 11.3. The maximum atomic E-state index is 11.0. The molecule has 0 atom stereocenters. The van der Waals surface area contributed by atoms with Gasteiger partial charge in [0.2, 0.25) is 5.91 Å². The summed E-state index contributed by atoms with van der Waals surface area (Å²) in [6, 6.07) is 3.63. The fourth-order valence-electron chi connectivity index (χ4n) is 1.41. The monoisotopic (exact) mass is 294 g/mol. The summed E-state index contributed by atoms with van der Waals surface area (Å²) in [5.74, 6) is -1.33. The highest BCUT2D eigenvalue weighted by Crippen LogP contribution is 2.27. The number of ether oxygens (including phenoxy) is 2. The summed E-state index contributed by atoms with van der Waals surface area (Å²) in [5.41, 5.74) is 4.68. The summed E-state index contributed by atoms with van der Waals surface area (Å²) in [5, 5.41) is 10.9. The molecule has 0 radical (unpaired) electrons. The van der Waals surface area contributed by atoms with E-state index in [1.165, 1.54) is 18.2 Å². The Balaban J connectivity index is 2.77. The Morgan fingerprint density at radius 2 is 2.14 bits per heavy atom. The molecule has 21 heavy (non-hydrogen) atoms. The molecule has 0 unspecified atom stereocenters. The molecule has 0 aliphatic rings. The Morgan fingerprint density at radius 3 is 2.71 bits per heavy atom. The van der Waals surface area contributed by atoms with Crippen LogP contribution in [0, 0.1) is 10.1 Å². The highest BCUT2D eigenvalue weighted by atomic mass is 16.6. The van der Waals surface area contributed by atoms with E-state index >= 15 is 0 Å². The second-order valence-corrected chi connectivity index (χ2v) is 3.77. The summed E-state index contributed by atoms with van der Waals surface area (Å²) in [6.07, 6.45) is 2.52. The topological polar surface area (TPSA) is 122 Å². The van der Waals surface area contributed by atoms with Crippen LogP contribution in [-0.2, 0) is 9.53 Å². The van der Waals surface area contributed by atoms with E-state index in [0.717, 1.165) is 12.1 Å². The van der Waals surface area contributed by atoms with Crippen LogP contribution in [0.1, 0.15) is 17.3 Å². The molecule has 8 heteroatoms. The van der Waals surface area contributed by atoms with Crippen molar-refractivity contribution in [1.82, 2.24) is 0 Å². The Kier molecular flexibility index (Phi) is 5.87. The van der Waals surface area contributed by atoms with Gasteiger partial charge in [0.1, 0.15) is 6.61 Å². The zero-order valence-electron chi connectivity index (χ0n) is 11.3. The molecule has 0 heterocycles. The van der Waals surface area contributed by atoms with Gasteiger partial charge in [0.15, 0.2) is 5.75 Å². The number of carbonyl (C=O) groups excluding carboxylic acids is 2. The summed E-state index contributed by atoms with van der Waals surface area (Å²) < 4.78 is 9.83. The third-order valence-electron chi connectivity index (χ3n) is 2.32. The summed E-state index contributed by atoms with van der Waals surface area (Å²) in [6.45, 7) is 1.87. The van der Waals surface area contributed by atoms with Crippen LogP contribution in [0.3, 0.4) is 0 Å². The Hall–Kier alpha value is -2.90. The van der Waals surface area contributed by atoms with E-state index in [0.29, 0.717) is 0 Å². The number of nitro benzene ring substituents is 1. The molecule has 8 nitrogen and oxygen atoms in total. The van der Waals surface area contributed by atoms with E-state index in [1.807, 2.05) is 0 Å². The lowest BCUT2D eigenvalue weighted by Crippen LogP contribution is -2.11. The van der Waals surface area contributed by atoms with Gasteiger partial charge in [-0.25, -0.2) is 4.79 Å². The van der Waals surface area contributed by atoms with E-state index in [4.69, 9.17) is 10.5 Å². The van der Waals surface area contributed by atoms with Crippen molar-refractivity contribution in [3.05, 3.63) is 46.0 Å². The van der Waals surface area contributed by atoms with E-state index in [9.17, 15) is 19.7 Å². The molecule has 0 bridgehead atoms. The van der Waals surface area contributed by atoms with Crippen LogP contribution in [0.4, 0.5) is 5.69 Å². The number of amides is 1. The van der Waals surface area contributed by atoms with Crippen LogP contribution < -0.4 is 10.5 Å². The van der Waals surface area contributed by atoms with Crippen molar-refractivity contribution in [3.8, 4) is 5.75 Å². The minimum atomic E-state index is -0.771. The van der Waals surface area contributed by atoms with Crippen LogP contribution in [0.15, 0.2) is 30.4 Å². The maximum Gasteiger partial charge on any atom is 0.330 e. The number of nitrogens with two attached hydrogens (primary N) is 1. The van der Waals surface area contributed by atoms with Crippen LogP contribution in [0.25, 0.3) is 0 Å². The van der Waals surface area contributed by atoms with Gasteiger partial charge >= 0.3 is 11.7 Å². The van der Waals surface area contributed by atoms with Gasteiger partial charge in [-0.2, -0.15) is 0 Å². The number of benzene rings is 1. The number of carbonyl (C=O) groups is 2. The van der Waals surface area contributed by atoms with Gasteiger partial charge in [-0.1, -0.05) is 0 Å². The maximum absolute atomic E-state index is 11.0. The van der Waals surface area contributed by atoms with Crippen molar-refractivity contribution in [2.24, 2.45) is 5.73 Å². The fraction of sp³-hybridized carbons (Fsp3) is 0.231. The van der Waals surface area contributed by atoms with Gasteiger partial charge < -0.3 is 15.2 Å². The Bertz CT molecular complexity index is 582. The fourth-order valence-corrected chi connectivity index (χ4v) is 1.41. The number of primary amides is 1. The molecule has 0 fully saturated rings. The van der Waals surface area contributed by atoms with Crippen molar-refractivity contribution >= 4 is 17.6 Å². The molecule has 1 rings (SSSR count). The van der Waals surface area contributed by atoms with Gasteiger partial charge in [-0.15, -0.1) is 0 Å². The van der Waals surface area contributed by atoms with Crippen molar-refractivity contribution in [2.45, 2.75) is 6.92 Å². The van der Waals surface area contributed by atoms with E-state index < -0.39 is 16.8 Å². The number of nitro groups is 1. The largest absolute Gasteiger partial charge is 0.483 e. The first-order valence-corrected chi connectivity index (χ1v) is 6.00. The predicted octanol–water partition coefficient (Wildman–Crippen LogP) is 1.19. The molecule has 1 aromatic rings. The van der Waals surface area contributed by atoms with Crippen LogP contribution >= 0.6 is 0 Å². The lowest BCUT2D eigenvalue weighted by molar-refractivity contribution is -0.385. The Labute approximate surface area is 120 Å². The molecule has 0 saturated carbocycles. The van der Waals surface area contributed by atoms with Gasteiger partial charge in [0.05, 0.1) is 11.5 Å². The van der Waals surface area contributed by atoms with Crippen molar-refractivity contribution in [1.29, 1.82) is 0 Å². The van der Waals surface area contributed by atoms with E-state index in [2.05, 4.69) is 4.74 Å². The second-order valence-electron chi connectivity index (χ2n) is 3.77. The summed E-state index contributed by atoms with van der Waals surface area (Å²) in [7, 11) is 0. The molecular formula is C13H14N2O6. The first-order chi connectivity index (χ1) is 9.95. The Morgan fingerprint density at radius 1 is 1.43 bits per heavy atom. The molecule has 112 valence electrons. The first kappa shape index (κ1) is 16.2. The molecular weight excluding hydrogens is 280 g/mol. The van der Waals surface area contributed by atoms with Gasteiger partial charge in [0.25, 0.3) is 0 Å². The van der Waals surface area contributed by atoms with Gasteiger partial charge in [-0.05, 0) is 25.1 Å². The minimum Gasteiger partial charge on any atom is -0.483 e. The SMILES string of the molecule is CCOC(=O)/C=C/COc1ccc(C(N)=O)cc1[N+](=O)[O-]. The molecule has 0 aliphatic carbocycles. The quantitative estimate of drug-likeness (QED) is 0.349. The summed E-state index contributed by atoms with van der Waals surface area (Å²) in [4.78, 5) is 32.2. The smallest absolute Gasteiger partial charge is 0.330 e. The van der Waals surface area contributed by atoms with E-state index in [1.54, 1.807) is 6.92 Å². The summed E-state index contributed by atoms with van der Waals surface area (Å²) >= 11 is 0. The number of hydrogen-bond acceptors (Lipinski definition) is 6. The van der Waals surface area contributed by atoms with E-state index in [-0.39, 0.29) is 30.2 Å². The normalized spacial score (nSPS) is 10.3. The average Bonchev–Trinajstić information content (AvgIpc) is 2.43. The van der Waals surface area contributed by atoms with Crippen molar-refractivity contribution in [3.63, 3.8) is 0 Å². The number of esters is 1. The van der Waals surface area contributed by atoms with Crippen LogP contribution in [-0.4, -0.2) is 30.0 Å². The minimum absolute atomic E-state index is 0.0103. The second kappa shape index (κ2) is 7.63. The zero-order chi connectivity index (χ0) is 15.8. The number of hydrogen-bond donors (Lipinski definition) is 1. The third-order valence-corrected chi connectivity index (χ3v) is 2.32. The standard InChI is InChI=1S/C13H14N2O6/c1-2-20-12(16)4-3-7-21-11-6-5-9(13(14)17)8-10(11)15(18)19/h3-6,8H,2,7H2,1H3,(H2,14,17)/b4-3+. The lowest BCUT2D eigenvalue weighted by atomic mass is 10.2.